The topological polar surface area (TPSA) is 291 Å². The molecule has 1 unspecified atom stereocenters. The van der Waals surface area contributed by atoms with Crippen LogP contribution in [-0.4, -0.2) is 80.0 Å². The van der Waals surface area contributed by atoms with E-state index >= 15 is 0 Å². The van der Waals surface area contributed by atoms with Gasteiger partial charge in [0.05, 0.1) is 6.61 Å². The fraction of sp³-hybridized carbons (Fsp3) is 0.615. The van der Waals surface area contributed by atoms with Gasteiger partial charge in [-0.2, -0.15) is 0 Å². The summed E-state index contributed by atoms with van der Waals surface area (Å²) in [7, 11) is 0. The van der Waals surface area contributed by atoms with Crippen LogP contribution < -0.4 is 22.9 Å². The summed E-state index contributed by atoms with van der Waals surface area (Å²) < 4.78 is 0. The summed E-state index contributed by atoms with van der Waals surface area (Å²) in [6.45, 7) is -0.505. The summed E-state index contributed by atoms with van der Waals surface area (Å²) in [4.78, 5) is 49.7. The van der Waals surface area contributed by atoms with E-state index in [0.717, 1.165) is 0 Å². The van der Waals surface area contributed by atoms with Gasteiger partial charge in [0, 0.05) is 12.8 Å². The Balaban J connectivity index is -0.000000326. The number of primary amides is 1. The van der Waals surface area contributed by atoms with Gasteiger partial charge in [0.1, 0.15) is 18.1 Å². The zero-order valence-corrected chi connectivity index (χ0v) is 14.4. The van der Waals surface area contributed by atoms with Crippen LogP contribution >= 0.6 is 0 Å². The molecule has 13 N–H and O–H groups in total. The second-order valence-corrected chi connectivity index (χ2v) is 4.95. The van der Waals surface area contributed by atoms with Gasteiger partial charge < -0.3 is 48.5 Å². The minimum absolute atomic E-state index is 0.0213. The Hall–Kier alpha value is -2.81. The molecule has 3 atom stereocenters. The molecule has 158 valence electrons. The number of carboxylic acid groups (broad SMARTS) is 4. The first-order valence-corrected chi connectivity index (χ1v) is 7.32. The van der Waals surface area contributed by atoms with Crippen LogP contribution in [0.15, 0.2) is 0 Å². The number of aliphatic carboxylic acids is 4. The van der Waals surface area contributed by atoms with Gasteiger partial charge in [-0.15, -0.1) is 0 Å². The number of carbonyl (C=O) groups is 5. The highest BCUT2D eigenvalue weighted by atomic mass is 16.4. The number of amides is 1. The Morgan fingerprint density at radius 1 is 0.667 bits per heavy atom. The minimum Gasteiger partial charge on any atom is -0.481 e. The lowest BCUT2D eigenvalue weighted by molar-refractivity contribution is -0.141. The van der Waals surface area contributed by atoms with Crippen molar-refractivity contribution in [3.63, 3.8) is 0 Å². The molecule has 0 bridgehead atoms. The Morgan fingerprint density at radius 3 is 1.19 bits per heavy atom. The molecule has 14 heteroatoms. The van der Waals surface area contributed by atoms with Crippen molar-refractivity contribution in [1.29, 1.82) is 0 Å². The van der Waals surface area contributed by atoms with Crippen LogP contribution in [0.2, 0.25) is 0 Å². The Bertz CT molecular complexity index is 465. The van der Waals surface area contributed by atoms with Crippen LogP contribution in [0.25, 0.3) is 0 Å². The molecule has 0 aliphatic carbocycles. The number of rotatable bonds is 10. The highest BCUT2D eigenvalue weighted by Crippen LogP contribution is 1.93. The molecule has 0 rings (SSSR count). The maximum Gasteiger partial charge on any atom is 0.322 e. The van der Waals surface area contributed by atoms with E-state index in [1.165, 1.54) is 0 Å². The lowest BCUT2D eigenvalue weighted by Gasteiger charge is -2.01. The molecular formula is C13H26N4O10. The highest BCUT2D eigenvalue weighted by molar-refractivity contribution is 5.77. The molecule has 0 radical (unpaired) electrons. The normalized spacial score (nSPS) is 12.7. The highest BCUT2D eigenvalue weighted by Gasteiger charge is 2.12. The molecule has 14 nitrogen and oxygen atoms in total. The van der Waals surface area contributed by atoms with Crippen LogP contribution in [0.1, 0.15) is 25.7 Å². The van der Waals surface area contributed by atoms with Gasteiger partial charge in [0.2, 0.25) is 5.91 Å². The van der Waals surface area contributed by atoms with E-state index in [9.17, 15) is 24.0 Å². The van der Waals surface area contributed by atoms with Crippen LogP contribution in [0, 0.1) is 0 Å². The number of aliphatic hydroxyl groups excluding tert-OH is 1. The second-order valence-electron chi connectivity index (χ2n) is 4.95. The average Bonchev–Trinajstić information content (AvgIpc) is 2.57. The number of hydrogen-bond donors (Lipinski definition) is 9. The molecule has 0 aromatic heterocycles. The summed E-state index contributed by atoms with van der Waals surface area (Å²) in [6, 6.07) is -3.16. The SMILES string of the molecule is NC(=O)CC[C@H](N)C(=O)O.NC(CO)C(=O)O.N[C@H](CCC(=O)O)C(=O)O. The molecule has 0 aromatic carbocycles. The van der Waals surface area contributed by atoms with Gasteiger partial charge in [-0.25, -0.2) is 0 Å². The van der Waals surface area contributed by atoms with Gasteiger partial charge in [0.25, 0.3) is 0 Å². The quantitative estimate of drug-likeness (QED) is 0.171. The van der Waals surface area contributed by atoms with E-state index in [1.54, 1.807) is 0 Å². The number of hydrogen-bond acceptors (Lipinski definition) is 9. The van der Waals surface area contributed by atoms with Crippen LogP contribution in [-0.2, 0) is 24.0 Å². The van der Waals surface area contributed by atoms with Gasteiger partial charge in [0.15, 0.2) is 0 Å². The van der Waals surface area contributed by atoms with Crippen LogP contribution in [0.5, 0.6) is 0 Å². The predicted molar refractivity (Wildman–Crippen MR) is 89.2 cm³/mol. The molecule has 0 heterocycles. The van der Waals surface area contributed by atoms with Crippen LogP contribution in [0.3, 0.4) is 0 Å². The molecule has 0 saturated carbocycles. The van der Waals surface area contributed by atoms with Crippen molar-refractivity contribution >= 4 is 29.8 Å². The zero-order valence-electron chi connectivity index (χ0n) is 14.4. The fourth-order valence-corrected chi connectivity index (χ4v) is 0.902. The van der Waals surface area contributed by atoms with E-state index in [0.29, 0.717) is 0 Å². The molecule has 1 amide bonds. The smallest absolute Gasteiger partial charge is 0.322 e. The number of carboxylic acids is 4. The summed E-state index contributed by atoms with van der Waals surface area (Å²) in [5, 5.41) is 40.4. The summed E-state index contributed by atoms with van der Waals surface area (Å²) >= 11 is 0. The Morgan fingerprint density at radius 2 is 1.00 bits per heavy atom. The van der Waals surface area contributed by atoms with Gasteiger partial charge >= 0.3 is 23.9 Å². The number of nitrogens with two attached hydrogens (primary N) is 4. The van der Waals surface area contributed by atoms with E-state index in [1.807, 2.05) is 0 Å². The minimum atomic E-state index is -1.18. The second kappa shape index (κ2) is 16.6. The van der Waals surface area contributed by atoms with E-state index in [4.69, 9.17) is 48.5 Å². The molecular weight excluding hydrogens is 372 g/mol. The third kappa shape index (κ3) is 23.2. The van der Waals surface area contributed by atoms with Crippen molar-refractivity contribution in [2.24, 2.45) is 22.9 Å². The molecule has 0 spiro atoms. The molecule has 0 fully saturated rings. The molecule has 0 aromatic rings. The Labute approximate surface area is 153 Å². The standard InChI is InChI=1S/C5H10N2O3.C5H9NO4.C3H7NO3/c2*6-3(5(9)10)1-2-4(7)8;4-2(1-5)3(6)7/h3H,1-2,6H2,(H2,7,8)(H,9,10);3H,1-2,6H2,(H,7,8)(H,9,10);2,5H,1,4H2,(H,6,7)/t2*3-;/m01./s1. The van der Waals surface area contributed by atoms with Crippen molar-refractivity contribution in [3.05, 3.63) is 0 Å². The lowest BCUT2D eigenvalue weighted by atomic mass is 10.2. The van der Waals surface area contributed by atoms with Crippen molar-refractivity contribution < 1.29 is 49.5 Å². The van der Waals surface area contributed by atoms with Crippen molar-refractivity contribution in [3.8, 4) is 0 Å². The maximum atomic E-state index is 10.1. The van der Waals surface area contributed by atoms with Crippen molar-refractivity contribution in [2.45, 2.75) is 43.8 Å². The van der Waals surface area contributed by atoms with E-state index in [2.05, 4.69) is 0 Å². The first-order valence-electron chi connectivity index (χ1n) is 7.32. The van der Waals surface area contributed by atoms with Gasteiger partial charge in [-0.05, 0) is 12.8 Å². The molecule has 0 saturated heterocycles. The van der Waals surface area contributed by atoms with Crippen molar-refractivity contribution in [2.75, 3.05) is 6.61 Å². The zero-order chi connectivity index (χ0) is 22.2. The van der Waals surface area contributed by atoms with Gasteiger partial charge in [-0.3, -0.25) is 24.0 Å². The lowest BCUT2D eigenvalue weighted by Crippen LogP contribution is -2.33. The summed E-state index contributed by atoms with van der Waals surface area (Å²) in [5.74, 6) is -5.02. The Kier molecular flexibility index (Phi) is 17.9. The summed E-state index contributed by atoms with van der Waals surface area (Å²) in [6.07, 6.45) is -0.101. The first kappa shape index (κ1) is 29.0. The summed E-state index contributed by atoms with van der Waals surface area (Å²) in [5.41, 5.74) is 19.6. The monoisotopic (exact) mass is 398 g/mol. The average molecular weight is 398 g/mol. The maximum absolute atomic E-state index is 10.1. The fourth-order valence-electron chi connectivity index (χ4n) is 0.902. The van der Waals surface area contributed by atoms with E-state index in [-0.39, 0.29) is 25.7 Å². The first-order chi connectivity index (χ1) is 12.3. The third-order valence-electron chi connectivity index (χ3n) is 2.52. The van der Waals surface area contributed by atoms with Crippen LogP contribution in [0.4, 0.5) is 0 Å². The molecule has 0 aliphatic heterocycles. The number of carbonyl (C=O) groups excluding carboxylic acids is 1. The van der Waals surface area contributed by atoms with Gasteiger partial charge in [-0.1, -0.05) is 0 Å². The molecule has 0 aliphatic rings. The predicted octanol–water partition coefficient (Wildman–Crippen LogP) is -3.68. The van der Waals surface area contributed by atoms with E-state index < -0.39 is 54.5 Å². The third-order valence-corrected chi connectivity index (χ3v) is 2.52. The number of aliphatic hydroxyl groups is 1. The van der Waals surface area contributed by atoms with Crippen molar-refractivity contribution in [1.82, 2.24) is 0 Å². The molecule has 27 heavy (non-hydrogen) atoms. The largest absolute Gasteiger partial charge is 0.481 e.